The Labute approximate surface area is 102 Å². The van der Waals surface area contributed by atoms with Gasteiger partial charge in [0.15, 0.2) is 0 Å². The largest absolute Gasteiger partial charge is 0.489 e. The molecule has 0 amide bonds. The fraction of sp³-hybridized carbons (Fsp3) is 0.250. The van der Waals surface area contributed by atoms with Crippen molar-refractivity contribution in [3.05, 3.63) is 65.2 Å². The van der Waals surface area contributed by atoms with E-state index in [1.807, 2.05) is 0 Å². The van der Waals surface area contributed by atoms with Crippen molar-refractivity contribution in [2.24, 2.45) is 0 Å². The van der Waals surface area contributed by atoms with Gasteiger partial charge in [-0.1, -0.05) is 48.0 Å². The van der Waals surface area contributed by atoms with Crippen LogP contribution in [0.2, 0.25) is 0 Å². The van der Waals surface area contributed by atoms with Gasteiger partial charge in [-0.05, 0) is 24.1 Å². The number of hydrogen-bond donors (Lipinski definition) is 0. The number of ether oxygens (including phenoxy) is 1. The maximum atomic E-state index is 5.97. The highest BCUT2D eigenvalue weighted by Crippen LogP contribution is 2.30. The van der Waals surface area contributed by atoms with Gasteiger partial charge in [-0.2, -0.15) is 0 Å². The third-order valence-electron chi connectivity index (χ3n) is 3.26. The van der Waals surface area contributed by atoms with Crippen LogP contribution in [0.4, 0.5) is 0 Å². The van der Waals surface area contributed by atoms with E-state index in [0.717, 1.165) is 18.6 Å². The van der Waals surface area contributed by atoms with Crippen LogP contribution < -0.4 is 4.74 Å². The van der Waals surface area contributed by atoms with E-state index in [9.17, 15) is 0 Å². The molecule has 1 heteroatoms. The van der Waals surface area contributed by atoms with Gasteiger partial charge in [0, 0.05) is 12.8 Å². The van der Waals surface area contributed by atoms with Crippen LogP contribution in [0, 0.1) is 6.92 Å². The molecule has 3 rings (SSSR count). The van der Waals surface area contributed by atoms with Gasteiger partial charge in [-0.25, -0.2) is 0 Å². The normalized spacial score (nSPS) is 17.6. The predicted molar refractivity (Wildman–Crippen MR) is 69.4 cm³/mol. The molecule has 0 radical (unpaired) electrons. The minimum atomic E-state index is 0.300. The van der Waals surface area contributed by atoms with Crippen LogP contribution in [-0.4, -0.2) is 6.10 Å². The molecule has 0 saturated heterocycles. The zero-order valence-corrected chi connectivity index (χ0v) is 10.0. The zero-order chi connectivity index (χ0) is 11.7. The highest BCUT2D eigenvalue weighted by Gasteiger charge is 2.22. The molecule has 86 valence electrons. The lowest BCUT2D eigenvalue weighted by Gasteiger charge is -2.10. The van der Waals surface area contributed by atoms with Gasteiger partial charge in [0.05, 0.1) is 0 Å². The molecule has 0 spiro atoms. The van der Waals surface area contributed by atoms with E-state index in [1.165, 1.54) is 16.7 Å². The molecule has 1 nitrogen and oxygen atoms in total. The van der Waals surface area contributed by atoms with E-state index in [2.05, 4.69) is 55.5 Å². The minimum Gasteiger partial charge on any atom is -0.489 e. The van der Waals surface area contributed by atoms with Crippen molar-refractivity contribution in [3.8, 4) is 5.75 Å². The second-order valence-electron chi connectivity index (χ2n) is 4.74. The van der Waals surface area contributed by atoms with Crippen LogP contribution in [0.15, 0.2) is 48.5 Å². The van der Waals surface area contributed by atoms with E-state index in [1.54, 1.807) is 0 Å². The molecule has 2 aromatic rings. The molecule has 1 unspecified atom stereocenters. The Bertz CT molecular complexity index is 516. The topological polar surface area (TPSA) is 9.23 Å². The Morgan fingerprint density at radius 2 is 1.94 bits per heavy atom. The van der Waals surface area contributed by atoms with Gasteiger partial charge >= 0.3 is 0 Å². The third kappa shape index (κ3) is 2.19. The lowest BCUT2D eigenvalue weighted by Crippen LogP contribution is -2.16. The van der Waals surface area contributed by atoms with Crippen LogP contribution in [0.1, 0.15) is 16.7 Å². The Morgan fingerprint density at radius 3 is 2.76 bits per heavy atom. The highest BCUT2D eigenvalue weighted by molar-refractivity contribution is 5.40. The van der Waals surface area contributed by atoms with Crippen LogP contribution in [-0.2, 0) is 12.8 Å². The van der Waals surface area contributed by atoms with Crippen LogP contribution >= 0.6 is 0 Å². The fourth-order valence-electron chi connectivity index (χ4n) is 2.44. The smallest absolute Gasteiger partial charge is 0.123 e. The molecule has 0 fully saturated rings. The summed E-state index contributed by atoms with van der Waals surface area (Å²) in [5, 5.41) is 0. The molecule has 0 aliphatic carbocycles. The quantitative estimate of drug-likeness (QED) is 0.758. The molecule has 0 aromatic heterocycles. The van der Waals surface area contributed by atoms with Gasteiger partial charge in [-0.15, -0.1) is 0 Å². The van der Waals surface area contributed by atoms with E-state index in [4.69, 9.17) is 4.74 Å². The van der Waals surface area contributed by atoms with Gasteiger partial charge < -0.3 is 4.74 Å². The summed E-state index contributed by atoms with van der Waals surface area (Å²) in [6.07, 6.45) is 2.33. The van der Waals surface area contributed by atoms with Crippen molar-refractivity contribution in [2.75, 3.05) is 0 Å². The van der Waals surface area contributed by atoms with Gasteiger partial charge in [0.1, 0.15) is 11.9 Å². The van der Waals surface area contributed by atoms with Crippen molar-refractivity contribution < 1.29 is 4.74 Å². The SMILES string of the molecule is Cc1ccc2c(c1)CC(Cc1ccccc1)O2. The van der Waals surface area contributed by atoms with Crippen LogP contribution in [0.25, 0.3) is 0 Å². The van der Waals surface area contributed by atoms with Crippen molar-refractivity contribution in [1.82, 2.24) is 0 Å². The second-order valence-corrected chi connectivity index (χ2v) is 4.74. The van der Waals surface area contributed by atoms with Crippen molar-refractivity contribution in [1.29, 1.82) is 0 Å². The first kappa shape index (κ1) is 10.4. The molecule has 1 atom stereocenters. The number of hydrogen-bond acceptors (Lipinski definition) is 1. The molecule has 0 saturated carbocycles. The highest BCUT2D eigenvalue weighted by atomic mass is 16.5. The zero-order valence-electron chi connectivity index (χ0n) is 10.0. The van der Waals surface area contributed by atoms with Crippen molar-refractivity contribution in [2.45, 2.75) is 25.9 Å². The molecule has 0 N–H and O–H groups in total. The molecule has 17 heavy (non-hydrogen) atoms. The first-order valence-corrected chi connectivity index (χ1v) is 6.11. The number of benzene rings is 2. The lowest BCUT2D eigenvalue weighted by atomic mass is 10.0. The maximum absolute atomic E-state index is 5.97. The summed E-state index contributed by atoms with van der Waals surface area (Å²) in [4.78, 5) is 0. The van der Waals surface area contributed by atoms with Crippen LogP contribution in [0.5, 0.6) is 5.75 Å². The fourth-order valence-corrected chi connectivity index (χ4v) is 2.44. The summed E-state index contributed by atoms with van der Waals surface area (Å²) in [6, 6.07) is 17.0. The van der Waals surface area contributed by atoms with Crippen molar-refractivity contribution >= 4 is 0 Å². The molecular weight excluding hydrogens is 208 g/mol. The predicted octanol–water partition coefficient (Wildman–Crippen LogP) is 3.54. The summed E-state index contributed by atoms with van der Waals surface area (Å²) in [7, 11) is 0. The number of aryl methyl sites for hydroxylation is 1. The molecule has 1 heterocycles. The summed E-state index contributed by atoms with van der Waals surface area (Å²) in [5.74, 6) is 1.07. The monoisotopic (exact) mass is 224 g/mol. The Morgan fingerprint density at radius 1 is 1.12 bits per heavy atom. The number of fused-ring (bicyclic) bond motifs is 1. The Hall–Kier alpha value is -1.76. The molecule has 1 aliphatic heterocycles. The van der Waals surface area contributed by atoms with E-state index in [0.29, 0.717) is 6.10 Å². The maximum Gasteiger partial charge on any atom is 0.123 e. The Balaban J connectivity index is 1.74. The van der Waals surface area contributed by atoms with Crippen molar-refractivity contribution in [3.63, 3.8) is 0 Å². The number of rotatable bonds is 2. The molecule has 0 bridgehead atoms. The lowest BCUT2D eigenvalue weighted by molar-refractivity contribution is 0.233. The average molecular weight is 224 g/mol. The summed E-state index contributed by atoms with van der Waals surface area (Å²) >= 11 is 0. The summed E-state index contributed by atoms with van der Waals surface area (Å²) in [5.41, 5.74) is 4.01. The summed E-state index contributed by atoms with van der Waals surface area (Å²) < 4.78 is 5.97. The average Bonchev–Trinajstić information content (AvgIpc) is 2.71. The van der Waals surface area contributed by atoms with E-state index < -0.39 is 0 Å². The van der Waals surface area contributed by atoms with Gasteiger partial charge in [-0.3, -0.25) is 0 Å². The van der Waals surface area contributed by atoms with E-state index in [-0.39, 0.29) is 0 Å². The minimum absolute atomic E-state index is 0.300. The molecule has 1 aliphatic rings. The van der Waals surface area contributed by atoms with E-state index >= 15 is 0 Å². The Kier molecular flexibility index (Phi) is 2.60. The van der Waals surface area contributed by atoms with Gasteiger partial charge in [0.25, 0.3) is 0 Å². The first-order chi connectivity index (χ1) is 8.31. The molecular formula is C16H16O. The van der Waals surface area contributed by atoms with Crippen LogP contribution in [0.3, 0.4) is 0 Å². The molecule has 2 aromatic carbocycles. The third-order valence-corrected chi connectivity index (χ3v) is 3.26. The van der Waals surface area contributed by atoms with Gasteiger partial charge in [0.2, 0.25) is 0 Å². The first-order valence-electron chi connectivity index (χ1n) is 6.11. The second kappa shape index (κ2) is 4.25. The standard InChI is InChI=1S/C16H16O/c1-12-7-8-16-14(9-12)11-15(17-16)10-13-5-3-2-4-6-13/h2-9,15H,10-11H2,1H3. The summed E-state index contributed by atoms with van der Waals surface area (Å²) in [6.45, 7) is 2.13.